The molecular weight excluding hydrogens is 370 g/mol. The Balaban J connectivity index is 1.72. The van der Waals surface area contributed by atoms with Crippen molar-refractivity contribution in [2.45, 2.75) is 0 Å². The second-order valence-corrected chi connectivity index (χ2v) is 7.21. The molecule has 1 N–H and O–H groups in total. The molecule has 136 valence electrons. The minimum Gasteiger partial charge on any atom is -0.326 e. The van der Waals surface area contributed by atoms with Gasteiger partial charge in [0.05, 0.1) is 6.54 Å². The summed E-state index contributed by atoms with van der Waals surface area (Å²) < 4.78 is 0. The van der Waals surface area contributed by atoms with E-state index in [1.54, 1.807) is 11.0 Å². The Morgan fingerprint density at radius 1 is 1.00 bits per heavy atom. The van der Waals surface area contributed by atoms with Crippen LogP contribution in [0.15, 0.2) is 83.4 Å². The monoisotopic (exact) mass is 385 g/mol. The molecule has 3 aromatic rings. The second-order valence-electron chi connectivity index (χ2n) is 6.17. The molecule has 1 aliphatic heterocycles. The van der Waals surface area contributed by atoms with E-state index in [1.807, 2.05) is 72.8 Å². The van der Waals surface area contributed by atoms with Crippen molar-refractivity contribution < 1.29 is 9.59 Å². The molecule has 3 aromatic carbocycles. The average Bonchev–Trinajstić information content (AvgIpc) is 3.11. The molecule has 0 radical (unpaired) electrons. The molecule has 5 nitrogen and oxygen atoms in total. The van der Waals surface area contributed by atoms with Gasteiger partial charge in [-0.2, -0.15) is 5.26 Å². The minimum atomic E-state index is -0.531. The fraction of sp³-hybridized carbons (Fsp3) is 0.0455. The fourth-order valence-electron chi connectivity index (χ4n) is 3.11. The highest BCUT2D eigenvalue weighted by molar-refractivity contribution is 8.17. The highest BCUT2D eigenvalue weighted by atomic mass is 32.2. The van der Waals surface area contributed by atoms with E-state index in [0.29, 0.717) is 10.7 Å². The predicted octanol–water partition coefficient (Wildman–Crippen LogP) is 4.29. The number of para-hydroxylation sites is 1. The molecule has 4 rings (SSSR count). The minimum absolute atomic E-state index is 0.0763. The molecule has 0 atom stereocenters. The van der Waals surface area contributed by atoms with E-state index in [1.165, 1.54) is 0 Å². The lowest BCUT2D eigenvalue weighted by Gasteiger charge is -2.19. The van der Waals surface area contributed by atoms with Gasteiger partial charge in [-0.1, -0.05) is 54.6 Å². The van der Waals surface area contributed by atoms with Crippen molar-refractivity contribution in [3.8, 4) is 6.07 Å². The molecule has 1 amide bonds. The van der Waals surface area contributed by atoms with Crippen molar-refractivity contribution in [1.82, 2.24) is 0 Å². The van der Waals surface area contributed by atoms with Gasteiger partial charge in [-0.25, -0.2) is 0 Å². The maximum Gasteiger partial charge on any atom is 0.269 e. The molecule has 1 heterocycles. The molecule has 1 fully saturated rings. The van der Waals surface area contributed by atoms with Crippen LogP contribution in [0, 0.1) is 11.3 Å². The van der Waals surface area contributed by atoms with Crippen LogP contribution < -0.4 is 10.2 Å². The SMILES string of the molecule is N#C/C(C(=O)Nc1cccc2ccccc12)=C1\SC(=O)CN1c1ccccc1. The second kappa shape index (κ2) is 7.59. The van der Waals surface area contributed by atoms with E-state index in [0.717, 1.165) is 28.2 Å². The first-order valence-electron chi connectivity index (χ1n) is 8.64. The van der Waals surface area contributed by atoms with Gasteiger partial charge in [0.2, 0.25) is 5.12 Å². The van der Waals surface area contributed by atoms with Crippen LogP contribution in [0.1, 0.15) is 0 Å². The molecular formula is C22H15N3O2S. The average molecular weight is 385 g/mol. The topological polar surface area (TPSA) is 73.2 Å². The van der Waals surface area contributed by atoms with Crippen molar-refractivity contribution >= 4 is 44.9 Å². The van der Waals surface area contributed by atoms with E-state index >= 15 is 0 Å². The van der Waals surface area contributed by atoms with E-state index in [2.05, 4.69) is 5.32 Å². The maximum absolute atomic E-state index is 12.9. The quantitative estimate of drug-likeness (QED) is 0.538. The van der Waals surface area contributed by atoms with Crippen molar-refractivity contribution in [2.24, 2.45) is 0 Å². The molecule has 0 unspecified atom stereocenters. The Morgan fingerprint density at radius 3 is 2.50 bits per heavy atom. The van der Waals surface area contributed by atoms with Crippen LogP contribution in [0.5, 0.6) is 0 Å². The zero-order valence-corrected chi connectivity index (χ0v) is 15.6. The Kier molecular flexibility index (Phi) is 4.83. The molecule has 0 saturated carbocycles. The van der Waals surface area contributed by atoms with Crippen molar-refractivity contribution in [2.75, 3.05) is 16.8 Å². The first kappa shape index (κ1) is 17.8. The maximum atomic E-state index is 12.9. The van der Waals surface area contributed by atoms with Crippen LogP contribution in [0.4, 0.5) is 11.4 Å². The summed E-state index contributed by atoms with van der Waals surface area (Å²) in [5, 5.41) is 14.6. The number of rotatable bonds is 3. The number of hydrogen-bond donors (Lipinski definition) is 1. The third-order valence-electron chi connectivity index (χ3n) is 4.40. The summed E-state index contributed by atoms with van der Waals surface area (Å²) in [5.41, 5.74) is 1.31. The highest BCUT2D eigenvalue weighted by Crippen LogP contribution is 2.36. The molecule has 0 aliphatic carbocycles. The summed E-state index contributed by atoms with van der Waals surface area (Å²) in [6, 6.07) is 24.5. The third-order valence-corrected chi connectivity index (χ3v) is 5.38. The number of nitriles is 1. The molecule has 1 aliphatic rings. The van der Waals surface area contributed by atoms with Gasteiger partial charge in [-0.3, -0.25) is 9.59 Å². The van der Waals surface area contributed by atoms with Gasteiger partial charge < -0.3 is 10.2 Å². The normalized spacial score (nSPS) is 15.4. The van der Waals surface area contributed by atoms with Gasteiger partial charge in [0.25, 0.3) is 5.91 Å². The molecule has 28 heavy (non-hydrogen) atoms. The first-order chi connectivity index (χ1) is 13.7. The third kappa shape index (κ3) is 3.36. The number of thioether (sulfide) groups is 1. The standard InChI is InChI=1S/C22H15N3O2S/c23-13-18(22-25(14-20(26)28-22)16-9-2-1-3-10-16)21(27)24-19-12-6-8-15-7-4-5-11-17(15)19/h1-12H,14H2,(H,24,27)/b22-18+. The van der Waals surface area contributed by atoms with E-state index < -0.39 is 5.91 Å². The van der Waals surface area contributed by atoms with Gasteiger partial charge >= 0.3 is 0 Å². The number of nitrogens with one attached hydrogen (secondary N) is 1. The Morgan fingerprint density at radius 2 is 1.71 bits per heavy atom. The largest absolute Gasteiger partial charge is 0.326 e. The number of carbonyl (C=O) groups is 2. The van der Waals surface area contributed by atoms with Gasteiger partial charge in [-0.15, -0.1) is 0 Å². The highest BCUT2D eigenvalue weighted by Gasteiger charge is 2.32. The van der Waals surface area contributed by atoms with Crippen molar-refractivity contribution in [1.29, 1.82) is 5.26 Å². The van der Waals surface area contributed by atoms with Crippen LogP contribution in [0.3, 0.4) is 0 Å². The summed E-state index contributed by atoms with van der Waals surface area (Å²) >= 11 is 0.927. The van der Waals surface area contributed by atoms with Crippen LogP contribution >= 0.6 is 11.8 Å². The number of amides is 1. The van der Waals surface area contributed by atoms with Crippen molar-refractivity contribution in [3.63, 3.8) is 0 Å². The molecule has 0 aromatic heterocycles. The lowest BCUT2D eigenvalue weighted by atomic mass is 10.1. The number of benzene rings is 3. The number of nitrogens with zero attached hydrogens (tertiary/aromatic N) is 2. The smallest absolute Gasteiger partial charge is 0.269 e. The van der Waals surface area contributed by atoms with Gasteiger partial charge in [0.15, 0.2) is 0 Å². The Labute approximate surface area is 166 Å². The molecule has 6 heteroatoms. The Bertz CT molecular complexity index is 1140. The Hall–Kier alpha value is -3.56. The van der Waals surface area contributed by atoms with E-state index in [9.17, 15) is 14.9 Å². The van der Waals surface area contributed by atoms with Crippen LogP contribution in [0.25, 0.3) is 10.8 Å². The number of fused-ring (bicyclic) bond motifs is 1. The van der Waals surface area contributed by atoms with E-state index in [4.69, 9.17) is 0 Å². The first-order valence-corrected chi connectivity index (χ1v) is 9.46. The summed E-state index contributed by atoms with van der Waals surface area (Å²) in [7, 11) is 0. The fourth-order valence-corrected chi connectivity index (χ4v) is 4.04. The van der Waals surface area contributed by atoms with Gasteiger partial charge in [0, 0.05) is 16.8 Å². The number of carbonyl (C=O) groups excluding carboxylic acids is 2. The lowest BCUT2D eigenvalue weighted by Crippen LogP contribution is -2.23. The zero-order chi connectivity index (χ0) is 19.5. The van der Waals surface area contributed by atoms with Crippen molar-refractivity contribution in [3.05, 3.63) is 83.4 Å². The van der Waals surface area contributed by atoms with Gasteiger partial charge in [-0.05, 0) is 35.3 Å². The summed E-state index contributed by atoms with van der Waals surface area (Å²) in [6.45, 7) is 0.122. The van der Waals surface area contributed by atoms with Crippen LogP contribution in [-0.4, -0.2) is 17.6 Å². The zero-order valence-electron chi connectivity index (χ0n) is 14.8. The molecule has 1 saturated heterocycles. The molecule has 0 bridgehead atoms. The van der Waals surface area contributed by atoms with Crippen LogP contribution in [0.2, 0.25) is 0 Å². The lowest BCUT2D eigenvalue weighted by molar-refractivity contribution is -0.112. The van der Waals surface area contributed by atoms with Crippen LogP contribution in [-0.2, 0) is 9.59 Å². The number of anilines is 2. The number of hydrogen-bond acceptors (Lipinski definition) is 5. The van der Waals surface area contributed by atoms with Gasteiger partial charge in [0.1, 0.15) is 16.7 Å². The summed E-state index contributed by atoms with van der Waals surface area (Å²) in [5.74, 6) is -0.531. The summed E-state index contributed by atoms with van der Waals surface area (Å²) in [4.78, 5) is 26.7. The predicted molar refractivity (Wildman–Crippen MR) is 112 cm³/mol. The molecule has 0 spiro atoms. The van der Waals surface area contributed by atoms with E-state index in [-0.39, 0.29) is 17.2 Å². The summed E-state index contributed by atoms with van der Waals surface area (Å²) in [6.07, 6.45) is 0.